The van der Waals surface area contributed by atoms with E-state index in [0.29, 0.717) is 35.1 Å². The summed E-state index contributed by atoms with van der Waals surface area (Å²) in [6.07, 6.45) is 4.00. The van der Waals surface area contributed by atoms with E-state index in [1.807, 2.05) is 43.3 Å². The normalized spacial score (nSPS) is 13.3. The molecule has 1 saturated carbocycles. The molecule has 30 heavy (non-hydrogen) atoms. The van der Waals surface area contributed by atoms with Crippen molar-refractivity contribution in [3.05, 3.63) is 64.0 Å². The molecule has 156 valence electrons. The van der Waals surface area contributed by atoms with Crippen molar-refractivity contribution >= 4 is 28.3 Å². The second-order valence-electron chi connectivity index (χ2n) is 7.54. The van der Waals surface area contributed by atoms with Gasteiger partial charge < -0.3 is 19.8 Å². The largest absolute Gasteiger partial charge is 0.493 e. The molecule has 3 aromatic rings. The third-order valence-corrected chi connectivity index (χ3v) is 5.10. The molecule has 6 nitrogen and oxygen atoms in total. The van der Waals surface area contributed by atoms with Crippen molar-refractivity contribution in [1.29, 1.82) is 0 Å². The van der Waals surface area contributed by atoms with Gasteiger partial charge in [-0.3, -0.25) is 4.79 Å². The predicted octanol–water partition coefficient (Wildman–Crippen LogP) is 4.97. The van der Waals surface area contributed by atoms with Crippen molar-refractivity contribution in [2.24, 2.45) is 0 Å². The molecule has 0 saturated heterocycles. The number of rotatable bonds is 8. The fourth-order valence-corrected chi connectivity index (χ4v) is 3.47. The highest BCUT2D eigenvalue weighted by Gasteiger charge is 2.21. The second kappa shape index (κ2) is 8.61. The van der Waals surface area contributed by atoms with Crippen LogP contribution in [-0.4, -0.2) is 18.6 Å². The summed E-state index contributed by atoms with van der Waals surface area (Å²) >= 11 is 0. The first kappa shape index (κ1) is 20.0. The first-order valence-corrected chi connectivity index (χ1v) is 10.5. The number of amides is 1. The molecule has 0 atom stereocenters. The maximum atomic E-state index is 12.7. The molecule has 1 amide bonds. The van der Waals surface area contributed by atoms with Gasteiger partial charge >= 0.3 is 5.63 Å². The van der Waals surface area contributed by atoms with E-state index in [2.05, 4.69) is 17.6 Å². The summed E-state index contributed by atoms with van der Waals surface area (Å²) in [4.78, 5) is 25.3. The van der Waals surface area contributed by atoms with Crippen LogP contribution < -0.4 is 21.0 Å². The Morgan fingerprint density at radius 2 is 1.83 bits per heavy atom. The van der Waals surface area contributed by atoms with Crippen LogP contribution in [0.2, 0.25) is 0 Å². The van der Waals surface area contributed by atoms with Crippen LogP contribution in [-0.2, 0) is 6.42 Å². The van der Waals surface area contributed by atoms with Crippen LogP contribution >= 0.6 is 0 Å². The lowest BCUT2D eigenvalue weighted by molar-refractivity contribution is 0.102. The zero-order valence-corrected chi connectivity index (χ0v) is 17.3. The number of hydrogen-bond acceptors (Lipinski definition) is 5. The van der Waals surface area contributed by atoms with E-state index in [1.54, 1.807) is 6.07 Å². The zero-order chi connectivity index (χ0) is 21.1. The lowest BCUT2D eigenvalue weighted by Crippen LogP contribution is -2.21. The summed E-state index contributed by atoms with van der Waals surface area (Å²) in [5.74, 6) is 0.228. The van der Waals surface area contributed by atoms with E-state index in [0.717, 1.165) is 24.1 Å². The minimum absolute atomic E-state index is 0.0192. The van der Waals surface area contributed by atoms with E-state index < -0.39 is 11.5 Å². The molecule has 0 unspecified atom stereocenters. The smallest absolute Gasteiger partial charge is 0.349 e. The molecule has 2 aromatic carbocycles. The maximum absolute atomic E-state index is 12.7. The highest BCUT2D eigenvalue weighted by molar-refractivity contribution is 6.05. The van der Waals surface area contributed by atoms with Crippen LogP contribution in [0.3, 0.4) is 0 Å². The Kier molecular flexibility index (Phi) is 5.74. The summed E-state index contributed by atoms with van der Waals surface area (Å²) in [6, 6.07) is 13.3. The first-order chi connectivity index (χ1) is 14.6. The topological polar surface area (TPSA) is 80.6 Å². The quantitative estimate of drug-likeness (QED) is 0.516. The van der Waals surface area contributed by atoms with Gasteiger partial charge in [-0.05, 0) is 68.7 Å². The van der Waals surface area contributed by atoms with Crippen molar-refractivity contribution in [2.45, 2.75) is 45.6 Å². The first-order valence-electron chi connectivity index (χ1n) is 10.5. The van der Waals surface area contributed by atoms with Gasteiger partial charge in [0.15, 0.2) is 0 Å². The monoisotopic (exact) mass is 406 g/mol. The number of ether oxygens (including phenoxy) is 1. The van der Waals surface area contributed by atoms with Gasteiger partial charge in [0.05, 0.1) is 6.61 Å². The minimum Gasteiger partial charge on any atom is -0.493 e. The molecular formula is C24H26N2O4. The van der Waals surface area contributed by atoms with Gasteiger partial charge in [0.2, 0.25) is 0 Å². The Hall–Kier alpha value is -3.28. The molecule has 1 fully saturated rings. The van der Waals surface area contributed by atoms with Crippen LogP contribution in [0.15, 0.2) is 51.7 Å². The van der Waals surface area contributed by atoms with Gasteiger partial charge in [-0.1, -0.05) is 13.3 Å². The number of hydrogen-bond donors (Lipinski definition) is 2. The third-order valence-electron chi connectivity index (χ3n) is 5.10. The molecule has 0 spiro atoms. The highest BCUT2D eigenvalue weighted by atomic mass is 16.5. The summed E-state index contributed by atoms with van der Waals surface area (Å²) < 4.78 is 11.3. The van der Waals surface area contributed by atoms with Gasteiger partial charge in [-0.15, -0.1) is 0 Å². The van der Waals surface area contributed by atoms with Crippen molar-refractivity contribution in [3.8, 4) is 5.75 Å². The molecule has 1 aromatic heterocycles. The summed E-state index contributed by atoms with van der Waals surface area (Å²) in [6.45, 7) is 4.50. The molecule has 1 heterocycles. The Morgan fingerprint density at radius 1 is 1.10 bits per heavy atom. The van der Waals surface area contributed by atoms with E-state index >= 15 is 0 Å². The van der Waals surface area contributed by atoms with E-state index in [4.69, 9.17) is 9.15 Å². The number of fused-ring (bicyclic) bond motifs is 1. The van der Waals surface area contributed by atoms with Crippen molar-refractivity contribution < 1.29 is 13.9 Å². The standard InChI is InChI=1S/C24H26N2O4/c1-3-5-19-21(29-4-2)13-6-15-14-20(24(28)30-22(15)19)23(27)26-18-11-9-17(10-12-18)25-16-7-8-16/h6,9-14,16,25H,3-5,7-8H2,1-2H3,(H,26,27). The van der Waals surface area contributed by atoms with Crippen LogP contribution in [0, 0.1) is 0 Å². The van der Waals surface area contributed by atoms with Crippen LogP contribution in [0.4, 0.5) is 11.4 Å². The van der Waals surface area contributed by atoms with Crippen molar-refractivity contribution in [2.75, 3.05) is 17.2 Å². The zero-order valence-electron chi connectivity index (χ0n) is 17.3. The molecule has 6 heteroatoms. The van der Waals surface area contributed by atoms with Crippen molar-refractivity contribution in [1.82, 2.24) is 0 Å². The molecule has 1 aliphatic carbocycles. The number of benzene rings is 2. The van der Waals surface area contributed by atoms with E-state index in [9.17, 15) is 9.59 Å². The van der Waals surface area contributed by atoms with Gasteiger partial charge in [-0.2, -0.15) is 0 Å². The van der Waals surface area contributed by atoms with Crippen LogP contribution in [0.5, 0.6) is 5.75 Å². The Bertz CT molecular complexity index is 1110. The van der Waals surface area contributed by atoms with Crippen molar-refractivity contribution in [3.63, 3.8) is 0 Å². The number of nitrogens with one attached hydrogen (secondary N) is 2. The van der Waals surface area contributed by atoms with E-state index in [1.165, 1.54) is 12.8 Å². The number of carbonyl (C=O) groups excluding carboxylic acids is 1. The van der Waals surface area contributed by atoms with Crippen LogP contribution in [0.25, 0.3) is 11.0 Å². The van der Waals surface area contributed by atoms with Crippen LogP contribution in [0.1, 0.15) is 49.0 Å². The second-order valence-corrected chi connectivity index (χ2v) is 7.54. The Balaban J connectivity index is 1.60. The molecule has 1 aliphatic rings. The van der Waals surface area contributed by atoms with Gasteiger partial charge in [-0.25, -0.2) is 4.79 Å². The summed E-state index contributed by atoms with van der Waals surface area (Å²) in [5.41, 5.74) is 2.32. The summed E-state index contributed by atoms with van der Waals surface area (Å²) in [5, 5.41) is 6.88. The number of aryl methyl sites for hydroxylation is 1. The lowest BCUT2D eigenvalue weighted by atomic mass is 10.0. The highest BCUT2D eigenvalue weighted by Crippen LogP contribution is 2.29. The third kappa shape index (κ3) is 4.32. The molecule has 0 bridgehead atoms. The number of anilines is 2. The fraction of sp³-hybridized carbons (Fsp3) is 0.333. The average Bonchev–Trinajstić information content (AvgIpc) is 3.55. The minimum atomic E-state index is -0.655. The Labute approximate surface area is 175 Å². The van der Waals surface area contributed by atoms with Gasteiger partial charge in [0, 0.05) is 28.4 Å². The van der Waals surface area contributed by atoms with Gasteiger partial charge in [0.1, 0.15) is 16.9 Å². The molecule has 4 rings (SSSR count). The van der Waals surface area contributed by atoms with Gasteiger partial charge in [0.25, 0.3) is 5.91 Å². The number of carbonyl (C=O) groups is 1. The molecule has 0 radical (unpaired) electrons. The summed E-state index contributed by atoms with van der Waals surface area (Å²) in [7, 11) is 0. The average molecular weight is 406 g/mol. The fourth-order valence-electron chi connectivity index (χ4n) is 3.47. The maximum Gasteiger partial charge on any atom is 0.349 e. The Morgan fingerprint density at radius 3 is 2.50 bits per heavy atom. The molecule has 0 aliphatic heterocycles. The predicted molar refractivity (Wildman–Crippen MR) is 119 cm³/mol. The van der Waals surface area contributed by atoms with E-state index in [-0.39, 0.29) is 5.56 Å². The molecular weight excluding hydrogens is 380 g/mol. The lowest BCUT2D eigenvalue weighted by Gasteiger charge is -2.12. The SMILES string of the molecule is CCCc1c(OCC)ccc2cc(C(=O)Nc3ccc(NC4CC4)cc3)c(=O)oc12. The molecule has 2 N–H and O–H groups in total.